The zero-order valence-electron chi connectivity index (χ0n) is 8.78. The van der Waals surface area contributed by atoms with E-state index in [4.69, 9.17) is 5.11 Å². The average molecular weight is 265 g/mol. The van der Waals surface area contributed by atoms with E-state index < -0.39 is 17.5 Å². The van der Waals surface area contributed by atoms with Crippen molar-refractivity contribution in [3.8, 4) is 0 Å². The summed E-state index contributed by atoms with van der Waals surface area (Å²) in [5.41, 5.74) is -4.24. The van der Waals surface area contributed by atoms with Crippen molar-refractivity contribution < 1.29 is 23.1 Å². The summed E-state index contributed by atoms with van der Waals surface area (Å²) < 4.78 is 36.7. The number of aliphatic carboxylic acids is 1. The number of para-hydroxylation sites is 1. The molecule has 1 aromatic rings. The molecule has 7 heteroatoms. The topological polar surface area (TPSA) is 49.3 Å². The molecule has 17 heavy (non-hydrogen) atoms. The van der Waals surface area contributed by atoms with Crippen LogP contribution in [0.4, 0.5) is 18.9 Å². The molecular formula is C10H10F3NO2S. The highest BCUT2D eigenvalue weighted by molar-refractivity contribution is 8.00. The highest BCUT2D eigenvalue weighted by atomic mass is 32.2. The zero-order chi connectivity index (χ0) is 13.1. The van der Waals surface area contributed by atoms with Crippen molar-refractivity contribution in [3.05, 3.63) is 24.3 Å². The molecule has 0 bridgehead atoms. The van der Waals surface area contributed by atoms with Crippen LogP contribution in [-0.4, -0.2) is 22.6 Å². The summed E-state index contributed by atoms with van der Waals surface area (Å²) in [5, 5.41) is 11.2. The maximum Gasteiger partial charge on any atom is 0.446 e. The van der Waals surface area contributed by atoms with Gasteiger partial charge in [-0.25, -0.2) is 0 Å². The number of anilines is 1. The van der Waals surface area contributed by atoms with Crippen molar-refractivity contribution in [1.82, 2.24) is 0 Å². The standard InChI is InChI=1S/C10H10F3NO2S/c1-6(9(15)16)14-7-4-2-3-5-8(7)17-10(11,12)13/h2-6,14H,1H3,(H,15,16). The van der Waals surface area contributed by atoms with Crippen LogP contribution in [0, 0.1) is 0 Å². The van der Waals surface area contributed by atoms with Crippen molar-refractivity contribution >= 4 is 23.4 Å². The van der Waals surface area contributed by atoms with Gasteiger partial charge in [-0.15, -0.1) is 0 Å². The fourth-order valence-electron chi connectivity index (χ4n) is 1.09. The molecule has 1 unspecified atom stereocenters. The number of hydrogen-bond acceptors (Lipinski definition) is 3. The van der Waals surface area contributed by atoms with E-state index >= 15 is 0 Å². The van der Waals surface area contributed by atoms with E-state index in [9.17, 15) is 18.0 Å². The molecule has 0 radical (unpaired) electrons. The number of halogens is 3. The number of rotatable bonds is 4. The van der Waals surface area contributed by atoms with Gasteiger partial charge in [-0.3, -0.25) is 4.79 Å². The van der Waals surface area contributed by atoms with Crippen molar-refractivity contribution in [2.45, 2.75) is 23.4 Å². The zero-order valence-corrected chi connectivity index (χ0v) is 9.60. The first kappa shape index (κ1) is 13.7. The predicted octanol–water partition coefficient (Wildman–Crippen LogP) is 3.18. The van der Waals surface area contributed by atoms with Gasteiger partial charge < -0.3 is 10.4 Å². The minimum atomic E-state index is -4.40. The van der Waals surface area contributed by atoms with Gasteiger partial charge in [-0.05, 0) is 30.8 Å². The Bertz CT molecular complexity index is 409. The lowest BCUT2D eigenvalue weighted by Gasteiger charge is -2.15. The Morgan fingerprint density at radius 1 is 1.41 bits per heavy atom. The molecule has 0 saturated heterocycles. The molecule has 0 spiro atoms. The molecule has 0 aromatic heterocycles. The molecule has 0 aliphatic rings. The van der Waals surface area contributed by atoms with Gasteiger partial charge in [-0.2, -0.15) is 13.2 Å². The molecule has 1 atom stereocenters. The van der Waals surface area contributed by atoms with Crippen molar-refractivity contribution in [2.75, 3.05) is 5.32 Å². The van der Waals surface area contributed by atoms with Crippen LogP contribution in [0.3, 0.4) is 0 Å². The number of hydrogen-bond donors (Lipinski definition) is 2. The second-order valence-corrected chi connectivity index (χ2v) is 4.36. The fraction of sp³-hybridized carbons (Fsp3) is 0.300. The second kappa shape index (κ2) is 5.31. The highest BCUT2D eigenvalue weighted by Gasteiger charge is 2.30. The molecular weight excluding hydrogens is 255 g/mol. The number of alkyl halides is 3. The van der Waals surface area contributed by atoms with Crippen LogP contribution in [0.5, 0.6) is 0 Å². The van der Waals surface area contributed by atoms with Crippen LogP contribution in [0.2, 0.25) is 0 Å². The lowest BCUT2D eigenvalue weighted by atomic mass is 10.2. The second-order valence-electron chi connectivity index (χ2n) is 3.25. The Morgan fingerprint density at radius 2 is 2.00 bits per heavy atom. The first-order chi connectivity index (χ1) is 7.79. The summed E-state index contributed by atoms with van der Waals surface area (Å²) >= 11 is -0.274. The third kappa shape index (κ3) is 4.56. The summed E-state index contributed by atoms with van der Waals surface area (Å²) in [7, 11) is 0. The first-order valence-electron chi connectivity index (χ1n) is 4.63. The molecule has 0 aliphatic carbocycles. The molecule has 0 amide bonds. The van der Waals surface area contributed by atoms with Crippen LogP contribution in [0.15, 0.2) is 29.2 Å². The quantitative estimate of drug-likeness (QED) is 0.821. The maximum absolute atomic E-state index is 12.2. The molecule has 1 rings (SSSR count). The monoisotopic (exact) mass is 265 g/mol. The Kier molecular flexibility index (Phi) is 4.28. The van der Waals surface area contributed by atoms with Gasteiger partial charge in [0.25, 0.3) is 0 Å². The van der Waals surface area contributed by atoms with Crippen LogP contribution in [0.1, 0.15) is 6.92 Å². The summed E-state index contributed by atoms with van der Waals surface area (Å²) in [6.45, 7) is 1.36. The van der Waals surface area contributed by atoms with Crippen LogP contribution in [0.25, 0.3) is 0 Å². The Balaban J connectivity index is 2.88. The lowest BCUT2D eigenvalue weighted by Crippen LogP contribution is -2.25. The number of carboxylic acids is 1. The van der Waals surface area contributed by atoms with Gasteiger partial charge >= 0.3 is 11.5 Å². The molecule has 0 heterocycles. The third-order valence-electron chi connectivity index (χ3n) is 1.86. The highest BCUT2D eigenvalue weighted by Crippen LogP contribution is 2.40. The normalized spacial score (nSPS) is 13.2. The number of thioether (sulfide) groups is 1. The van der Waals surface area contributed by atoms with Crippen LogP contribution >= 0.6 is 11.8 Å². The Hall–Kier alpha value is -1.37. The molecule has 3 nitrogen and oxygen atoms in total. The number of carboxylic acid groups (broad SMARTS) is 1. The van der Waals surface area contributed by atoms with Crippen molar-refractivity contribution in [1.29, 1.82) is 0 Å². The van der Waals surface area contributed by atoms with E-state index in [-0.39, 0.29) is 22.3 Å². The third-order valence-corrected chi connectivity index (χ3v) is 2.66. The van der Waals surface area contributed by atoms with Crippen LogP contribution < -0.4 is 5.32 Å². The van der Waals surface area contributed by atoms with E-state index in [1.165, 1.54) is 31.2 Å². The SMILES string of the molecule is CC(Nc1ccccc1SC(F)(F)F)C(=O)O. The molecule has 0 saturated carbocycles. The largest absolute Gasteiger partial charge is 0.480 e. The summed E-state index contributed by atoms with van der Waals surface area (Å²) in [4.78, 5) is 10.6. The van der Waals surface area contributed by atoms with E-state index in [0.717, 1.165) is 0 Å². The average Bonchev–Trinajstić information content (AvgIpc) is 2.18. The first-order valence-corrected chi connectivity index (χ1v) is 5.45. The van der Waals surface area contributed by atoms with E-state index in [1.54, 1.807) is 0 Å². The van der Waals surface area contributed by atoms with Crippen molar-refractivity contribution in [2.24, 2.45) is 0 Å². The van der Waals surface area contributed by atoms with Gasteiger partial charge in [0.15, 0.2) is 0 Å². The minimum absolute atomic E-state index is 0.0481. The summed E-state index contributed by atoms with van der Waals surface area (Å²) in [5.74, 6) is -1.13. The molecule has 0 aliphatic heterocycles. The van der Waals surface area contributed by atoms with Gasteiger partial charge in [0, 0.05) is 10.6 Å². The van der Waals surface area contributed by atoms with Gasteiger partial charge in [0.2, 0.25) is 0 Å². The molecule has 2 N–H and O–H groups in total. The summed E-state index contributed by atoms with van der Waals surface area (Å²) in [6, 6.07) is 4.75. The maximum atomic E-state index is 12.2. The minimum Gasteiger partial charge on any atom is -0.480 e. The van der Waals surface area contributed by atoms with Gasteiger partial charge in [0.1, 0.15) is 6.04 Å². The smallest absolute Gasteiger partial charge is 0.446 e. The fourth-order valence-corrected chi connectivity index (χ4v) is 1.73. The predicted molar refractivity (Wildman–Crippen MR) is 59.1 cm³/mol. The summed E-state index contributed by atoms with van der Waals surface area (Å²) in [6.07, 6.45) is 0. The number of carbonyl (C=O) groups is 1. The number of nitrogens with one attached hydrogen (secondary N) is 1. The molecule has 94 valence electrons. The molecule has 1 aromatic carbocycles. The van der Waals surface area contributed by atoms with Gasteiger partial charge in [0.05, 0.1) is 0 Å². The Labute approximate surface area is 100 Å². The number of benzene rings is 1. The lowest BCUT2D eigenvalue weighted by molar-refractivity contribution is -0.137. The van der Waals surface area contributed by atoms with Gasteiger partial charge in [-0.1, -0.05) is 12.1 Å². The molecule has 0 fully saturated rings. The van der Waals surface area contributed by atoms with E-state index in [0.29, 0.717) is 0 Å². The van der Waals surface area contributed by atoms with E-state index in [2.05, 4.69) is 5.32 Å². The van der Waals surface area contributed by atoms with Crippen LogP contribution in [-0.2, 0) is 4.79 Å². The van der Waals surface area contributed by atoms with Crippen molar-refractivity contribution in [3.63, 3.8) is 0 Å². The van der Waals surface area contributed by atoms with E-state index in [1.807, 2.05) is 0 Å². The Morgan fingerprint density at radius 3 is 2.53 bits per heavy atom.